The molecule has 0 aromatic carbocycles. The van der Waals surface area contributed by atoms with Crippen LogP contribution in [-0.2, 0) is 0 Å². The van der Waals surface area contributed by atoms with Gasteiger partial charge in [0.15, 0.2) is 0 Å². The fraction of sp³-hybridized carbons (Fsp3) is 0.667. The van der Waals surface area contributed by atoms with Crippen LogP contribution < -0.4 is 0 Å². The molecule has 1 aromatic heterocycles. The normalized spacial score (nSPS) is 20.2. The smallest absolute Gasteiger partial charge is 0.322 e. The van der Waals surface area contributed by atoms with Crippen LogP contribution in [-0.4, -0.2) is 57.6 Å². The summed E-state index contributed by atoms with van der Waals surface area (Å²) in [7, 11) is 0. The Kier molecular flexibility index (Phi) is 3.78. The number of nitrogens with zero attached hydrogens (tertiary/aromatic N) is 4. The van der Waals surface area contributed by atoms with Gasteiger partial charge in [0.1, 0.15) is 6.33 Å². The maximum atomic E-state index is 12.1. The van der Waals surface area contributed by atoms with Crippen LogP contribution in [0.2, 0.25) is 0 Å². The van der Waals surface area contributed by atoms with Gasteiger partial charge in [-0.3, -0.25) is 9.47 Å². The van der Waals surface area contributed by atoms with Gasteiger partial charge in [-0.2, -0.15) is 0 Å². The lowest BCUT2D eigenvalue weighted by Gasteiger charge is -2.26. The van der Waals surface area contributed by atoms with Gasteiger partial charge in [0.2, 0.25) is 0 Å². The van der Waals surface area contributed by atoms with E-state index in [2.05, 4.69) is 23.7 Å². The molecule has 2 heterocycles. The Labute approximate surface area is 102 Å². The van der Waals surface area contributed by atoms with E-state index in [1.54, 1.807) is 23.3 Å². The van der Waals surface area contributed by atoms with Crippen LogP contribution in [0.15, 0.2) is 18.7 Å². The summed E-state index contributed by atoms with van der Waals surface area (Å²) in [5.41, 5.74) is 0. The molecule has 0 aliphatic carbocycles. The highest BCUT2D eigenvalue weighted by molar-refractivity contribution is 5.76. The third-order valence-electron chi connectivity index (χ3n) is 3.49. The number of imidazole rings is 1. The first-order valence-corrected chi connectivity index (χ1v) is 6.27. The van der Waals surface area contributed by atoms with E-state index in [0.717, 1.165) is 32.6 Å². The van der Waals surface area contributed by atoms with Gasteiger partial charge in [-0.05, 0) is 19.5 Å². The third-order valence-corrected chi connectivity index (χ3v) is 3.49. The Morgan fingerprint density at radius 2 is 2.24 bits per heavy atom. The molecule has 5 heteroatoms. The van der Waals surface area contributed by atoms with E-state index in [1.165, 1.54) is 0 Å². The van der Waals surface area contributed by atoms with Crippen molar-refractivity contribution in [3.63, 3.8) is 0 Å². The van der Waals surface area contributed by atoms with Crippen molar-refractivity contribution in [1.82, 2.24) is 19.4 Å². The van der Waals surface area contributed by atoms with E-state index in [4.69, 9.17) is 0 Å². The molecule has 1 aliphatic heterocycles. The largest absolute Gasteiger partial charge is 0.329 e. The molecule has 0 N–H and O–H groups in total. The molecule has 0 saturated carbocycles. The maximum absolute atomic E-state index is 12.1. The number of rotatable bonds is 3. The zero-order chi connectivity index (χ0) is 12.3. The molecular weight excluding hydrogens is 216 g/mol. The van der Waals surface area contributed by atoms with Crippen molar-refractivity contribution in [2.24, 2.45) is 0 Å². The predicted molar refractivity (Wildman–Crippen MR) is 65.9 cm³/mol. The Hall–Kier alpha value is -1.36. The Morgan fingerprint density at radius 3 is 2.82 bits per heavy atom. The highest BCUT2D eigenvalue weighted by atomic mass is 16.2. The first kappa shape index (κ1) is 12.1. The summed E-state index contributed by atoms with van der Waals surface area (Å²) < 4.78 is 1.55. The fourth-order valence-corrected chi connectivity index (χ4v) is 2.49. The molecule has 17 heavy (non-hydrogen) atoms. The Morgan fingerprint density at radius 1 is 1.47 bits per heavy atom. The van der Waals surface area contributed by atoms with E-state index >= 15 is 0 Å². The van der Waals surface area contributed by atoms with Gasteiger partial charge in [0, 0.05) is 31.5 Å². The molecule has 0 bridgehead atoms. The molecule has 0 spiro atoms. The number of likely N-dealkylation sites (N-methyl/N-ethyl adjacent to an activating group) is 1. The summed E-state index contributed by atoms with van der Waals surface area (Å²) >= 11 is 0. The second-order valence-electron chi connectivity index (χ2n) is 4.36. The molecule has 1 saturated heterocycles. The van der Waals surface area contributed by atoms with E-state index in [1.807, 2.05) is 4.90 Å². The average molecular weight is 236 g/mol. The highest BCUT2D eigenvalue weighted by Gasteiger charge is 2.29. The van der Waals surface area contributed by atoms with Crippen molar-refractivity contribution in [3.8, 4) is 0 Å². The van der Waals surface area contributed by atoms with Crippen LogP contribution in [0, 0.1) is 0 Å². The van der Waals surface area contributed by atoms with Gasteiger partial charge in [0.25, 0.3) is 0 Å². The molecule has 1 unspecified atom stereocenters. The summed E-state index contributed by atoms with van der Waals surface area (Å²) in [6.45, 7) is 8.12. The maximum Gasteiger partial charge on any atom is 0.329 e. The molecule has 1 aliphatic rings. The summed E-state index contributed by atoms with van der Waals surface area (Å²) in [5, 5.41) is 0. The molecule has 94 valence electrons. The van der Waals surface area contributed by atoms with Crippen molar-refractivity contribution in [3.05, 3.63) is 18.7 Å². The van der Waals surface area contributed by atoms with E-state index in [0.29, 0.717) is 6.04 Å². The highest BCUT2D eigenvalue weighted by Crippen LogP contribution is 2.16. The summed E-state index contributed by atoms with van der Waals surface area (Å²) in [4.78, 5) is 20.3. The number of hydrogen-bond donors (Lipinski definition) is 0. The Balaban J connectivity index is 1.96. The van der Waals surface area contributed by atoms with Gasteiger partial charge >= 0.3 is 6.03 Å². The second kappa shape index (κ2) is 5.31. The van der Waals surface area contributed by atoms with Gasteiger partial charge in [0.05, 0.1) is 0 Å². The summed E-state index contributed by atoms with van der Waals surface area (Å²) in [6, 6.07) is 0.551. The van der Waals surface area contributed by atoms with Crippen molar-refractivity contribution < 1.29 is 4.79 Å². The molecule has 5 nitrogen and oxygen atoms in total. The predicted octanol–water partition coefficient (Wildman–Crippen LogP) is 1.27. The summed E-state index contributed by atoms with van der Waals surface area (Å²) in [6.07, 6.45) is 5.97. The zero-order valence-corrected chi connectivity index (χ0v) is 10.5. The molecule has 1 aromatic rings. The van der Waals surface area contributed by atoms with Gasteiger partial charge in [-0.25, -0.2) is 9.78 Å². The molecule has 0 radical (unpaired) electrons. The van der Waals surface area contributed by atoms with Crippen molar-refractivity contribution in [2.45, 2.75) is 26.3 Å². The minimum absolute atomic E-state index is 0.0390. The van der Waals surface area contributed by atoms with E-state index < -0.39 is 0 Å². The minimum Gasteiger partial charge on any atom is -0.322 e. The molecule has 1 atom stereocenters. The van der Waals surface area contributed by atoms with Crippen LogP contribution in [0.25, 0.3) is 0 Å². The van der Waals surface area contributed by atoms with Crippen LogP contribution >= 0.6 is 0 Å². The van der Waals surface area contributed by atoms with Gasteiger partial charge in [-0.15, -0.1) is 0 Å². The molecule has 1 fully saturated rings. The molecular formula is C12H20N4O. The average Bonchev–Trinajstić information content (AvgIpc) is 3.01. The number of carbonyl (C=O) groups is 1. The van der Waals surface area contributed by atoms with Gasteiger partial charge in [-0.1, -0.05) is 13.8 Å². The lowest BCUT2D eigenvalue weighted by Crippen LogP contribution is -2.39. The van der Waals surface area contributed by atoms with Gasteiger partial charge < -0.3 is 4.90 Å². The number of amides is 1. The standard InChI is InChI=1S/C12H20N4O/c1-3-14(4-2)11-5-7-15(9-11)12(17)16-8-6-13-10-16/h6,8,10-11H,3-5,7,9H2,1-2H3. The van der Waals surface area contributed by atoms with Crippen molar-refractivity contribution >= 4 is 6.03 Å². The SMILES string of the molecule is CCN(CC)C1CCN(C(=O)n2ccnc2)C1. The lowest BCUT2D eigenvalue weighted by atomic mass is 10.2. The number of likely N-dealkylation sites (tertiary alicyclic amines) is 1. The van der Waals surface area contributed by atoms with Crippen LogP contribution in [0.3, 0.4) is 0 Å². The molecule has 2 rings (SSSR count). The topological polar surface area (TPSA) is 41.4 Å². The van der Waals surface area contributed by atoms with Crippen LogP contribution in [0.5, 0.6) is 0 Å². The monoisotopic (exact) mass is 236 g/mol. The van der Waals surface area contributed by atoms with E-state index in [9.17, 15) is 4.79 Å². The first-order valence-electron chi connectivity index (χ1n) is 6.27. The van der Waals surface area contributed by atoms with Crippen molar-refractivity contribution in [1.29, 1.82) is 0 Å². The fourth-order valence-electron chi connectivity index (χ4n) is 2.49. The third kappa shape index (κ3) is 2.49. The number of carbonyl (C=O) groups excluding carboxylic acids is 1. The first-order chi connectivity index (χ1) is 8.26. The summed E-state index contributed by atoms with van der Waals surface area (Å²) in [5.74, 6) is 0. The quantitative estimate of drug-likeness (QED) is 0.793. The zero-order valence-electron chi connectivity index (χ0n) is 10.5. The van der Waals surface area contributed by atoms with Crippen LogP contribution in [0.4, 0.5) is 4.79 Å². The van der Waals surface area contributed by atoms with Crippen molar-refractivity contribution in [2.75, 3.05) is 26.2 Å². The number of aromatic nitrogens is 2. The second-order valence-corrected chi connectivity index (χ2v) is 4.36. The van der Waals surface area contributed by atoms with E-state index in [-0.39, 0.29) is 6.03 Å². The minimum atomic E-state index is 0.0390. The number of hydrogen-bond acceptors (Lipinski definition) is 3. The lowest BCUT2D eigenvalue weighted by molar-refractivity contribution is 0.194. The van der Waals surface area contributed by atoms with Crippen LogP contribution in [0.1, 0.15) is 20.3 Å². The Bertz CT molecular complexity index is 359. The molecule has 1 amide bonds.